The van der Waals surface area contributed by atoms with Crippen molar-refractivity contribution in [3.05, 3.63) is 0 Å². The Bertz CT molecular complexity index is 288. The lowest BCUT2D eigenvalue weighted by Gasteiger charge is -2.30. The van der Waals surface area contributed by atoms with Crippen LogP contribution in [0.15, 0.2) is 0 Å². The molecule has 0 atom stereocenters. The van der Waals surface area contributed by atoms with E-state index < -0.39 is 5.60 Å². The first kappa shape index (κ1) is 15.0. The summed E-state index contributed by atoms with van der Waals surface area (Å²) in [6.45, 7) is 6.33. The first-order valence-electron chi connectivity index (χ1n) is 6.71. The summed E-state index contributed by atoms with van der Waals surface area (Å²) >= 11 is 0. The quantitative estimate of drug-likeness (QED) is 0.728. The van der Waals surface area contributed by atoms with Gasteiger partial charge in [0.15, 0.2) is 0 Å². The Morgan fingerprint density at radius 1 is 1.28 bits per heavy atom. The Labute approximate surface area is 110 Å². The van der Waals surface area contributed by atoms with Crippen molar-refractivity contribution in [2.75, 3.05) is 13.6 Å². The van der Waals surface area contributed by atoms with E-state index in [0.717, 1.165) is 38.5 Å². The van der Waals surface area contributed by atoms with Gasteiger partial charge in [-0.25, -0.2) is 4.79 Å². The van der Waals surface area contributed by atoms with E-state index in [1.165, 1.54) is 0 Å². The molecule has 1 aliphatic carbocycles. The normalized spacial score (nSPS) is 24.4. The van der Waals surface area contributed by atoms with Crippen molar-refractivity contribution in [1.82, 2.24) is 4.90 Å². The Morgan fingerprint density at radius 2 is 1.83 bits per heavy atom. The highest BCUT2D eigenvalue weighted by molar-refractivity contribution is 5.67. The van der Waals surface area contributed by atoms with Crippen LogP contribution in [-0.4, -0.2) is 36.5 Å². The lowest BCUT2D eigenvalue weighted by Crippen LogP contribution is -2.37. The van der Waals surface area contributed by atoms with Gasteiger partial charge < -0.3 is 14.4 Å². The molecule has 104 valence electrons. The van der Waals surface area contributed by atoms with Crippen LogP contribution in [0, 0.1) is 11.8 Å². The lowest BCUT2D eigenvalue weighted by atomic mass is 9.82. The molecule has 0 unspecified atom stereocenters. The summed E-state index contributed by atoms with van der Waals surface area (Å²) in [5, 5.41) is 0. The molecule has 0 aliphatic heterocycles. The highest BCUT2D eigenvalue weighted by Gasteiger charge is 2.25. The number of aldehydes is 1. The fourth-order valence-electron chi connectivity index (χ4n) is 2.31. The summed E-state index contributed by atoms with van der Waals surface area (Å²) in [6.07, 6.45) is 4.76. The van der Waals surface area contributed by atoms with Gasteiger partial charge in [0.2, 0.25) is 0 Å². The maximum Gasteiger partial charge on any atom is 0.410 e. The van der Waals surface area contributed by atoms with Gasteiger partial charge in [-0.2, -0.15) is 0 Å². The second-order valence-corrected chi connectivity index (χ2v) is 6.28. The maximum absolute atomic E-state index is 11.8. The molecule has 0 heterocycles. The van der Waals surface area contributed by atoms with Crippen LogP contribution in [0.5, 0.6) is 0 Å². The number of amides is 1. The van der Waals surface area contributed by atoms with Crippen LogP contribution >= 0.6 is 0 Å². The van der Waals surface area contributed by atoms with Crippen molar-refractivity contribution >= 4 is 12.4 Å². The van der Waals surface area contributed by atoms with Gasteiger partial charge >= 0.3 is 6.09 Å². The van der Waals surface area contributed by atoms with Crippen molar-refractivity contribution in [3.63, 3.8) is 0 Å². The number of carbonyl (C=O) groups excluding carboxylic acids is 2. The largest absolute Gasteiger partial charge is 0.444 e. The van der Waals surface area contributed by atoms with Gasteiger partial charge in [-0.15, -0.1) is 0 Å². The first-order chi connectivity index (χ1) is 8.31. The summed E-state index contributed by atoms with van der Waals surface area (Å²) in [7, 11) is 1.78. The van der Waals surface area contributed by atoms with E-state index >= 15 is 0 Å². The highest BCUT2D eigenvalue weighted by atomic mass is 16.6. The van der Waals surface area contributed by atoms with Gasteiger partial charge in [-0.1, -0.05) is 0 Å². The maximum atomic E-state index is 11.8. The molecule has 1 saturated carbocycles. The van der Waals surface area contributed by atoms with E-state index in [1.807, 2.05) is 20.8 Å². The second-order valence-electron chi connectivity index (χ2n) is 6.28. The number of hydrogen-bond acceptors (Lipinski definition) is 3. The minimum absolute atomic E-state index is 0.230. The molecule has 0 spiro atoms. The van der Waals surface area contributed by atoms with Crippen molar-refractivity contribution in [1.29, 1.82) is 0 Å². The standard InChI is InChI=1S/C14H25NO3/c1-14(2,3)18-13(17)15(4)9-11-5-7-12(10-16)8-6-11/h10-12H,5-9H2,1-4H3. The van der Waals surface area contributed by atoms with Crippen molar-refractivity contribution in [2.24, 2.45) is 11.8 Å². The lowest BCUT2D eigenvalue weighted by molar-refractivity contribution is -0.112. The third-order valence-electron chi connectivity index (χ3n) is 3.32. The molecule has 0 aromatic carbocycles. The van der Waals surface area contributed by atoms with E-state index in [9.17, 15) is 9.59 Å². The molecule has 1 amide bonds. The second kappa shape index (κ2) is 6.21. The first-order valence-corrected chi connectivity index (χ1v) is 6.71. The summed E-state index contributed by atoms with van der Waals surface area (Å²) in [5.74, 6) is 0.729. The van der Waals surface area contributed by atoms with Gasteiger partial charge in [-0.05, 0) is 52.4 Å². The van der Waals surface area contributed by atoms with Crippen LogP contribution in [0.4, 0.5) is 4.79 Å². The average molecular weight is 255 g/mol. The van der Waals surface area contributed by atoms with E-state index in [2.05, 4.69) is 0 Å². The van der Waals surface area contributed by atoms with E-state index in [-0.39, 0.29) is 12.0 Å². The Balaban J connectivity index is 2.34. The van der Waals surface area contributed by atoms with E-state index in [1.54, 1.807) is 11.9 Å². The SMILES string of the molecule is CN(CC1CCC(C=O)CC1)C(=O)OC(C)(C)C. The monoisotopic (exact) mass is 255 g/mol. The number of rotatable bonds is 3. The number of carbonyl (C=O) groups is 2. The molecule has 0 radical (unpaired) electrons. The molecule has 0 saturated heterocycles. The van der Waals surface area contributed by atoms with Crippen LogP contribution in [0.2, 0.25) is 0 Å². The molecule has 0 aromatic rings. The van der Waals surface area contributed by atoms with Crippen LogP contribution < -0.4 is 0 Å². The molecule has 1 fully saturated rings. The molecule has 1 rings (SSSR count). The fraction of sp³-hybridized carbons (Fsp3) is 0.857. The molecule has 4 heteroatoms. The topological polar surface area (TPSA) is 46.6 Å². The zero-order valence-electron chi connectivity index (χ0n) is 11.9. The van der Waals surface area contributed by atoms with Crippen molar-refractivity contribution < 1.29 is 14.3 Å². The predicted molar refractivity (Wildman–Crippen MR) is 70.4 cm³/mol. The smallest absolute Gasteiger partial charge is 0.410 e. The highest BCUT2D eigenvalue weighted by Crippen LogP contribution is 2.28. The molecule has 4 nitrogen and oxygen atoms in total. The van der Waals surface area contributed by atoms with E-state index in [4.69, 9.17) is 4.74 Å². The molecule has 0 aromatic heterocycles. The Morgan fingerprint density at radius 3 is 2.28 bits per heavy atom. The predicted octanol–water partition coefficient (Wildman–Crippen LogP) is 2.86. The number of hydrogen-bond donors (Lipinski definition) is 0. The zero-order chi connectivity index (χ0) is 13.8. The molecular weight excluding hydrogens is 230 g/mol. The van der Waals surface area contributed by atoms with Crippen molar-refractivity contribution in [3.8, 4) is 0 Å². The van der Waals surface area contributed by atoms with Crippen LogP contribution in [-0.2, 0) is 9.53 Å². The van der Waals surface area contributed by atoms with Crippen molar-refractivity contribution in [2.45, 2.75) is 52.1 Å². The Hall–Kier alpha value is -1.06. The minimum Gasteiger partial charge on any atom is -0.444 e. The summed E-state index contributed by atoms with van der Waals surface area (Å²) in [6, 6.07) is 0. The summed E-state index contributed by atoms with van der Waals surface area (Å²) in [5.41, 5.74) is -0.444. The summed E-state index contributed by atoms with van der Waals surface area (Å²) < 4.78 is 5.31. The third-order valence-corrected chi connectivity index (χ3v) is 3.32. The number of ether oxygens (including phenoxy) is 1. The average Bonchev–Trinajstić information content (AvgIpc) is 2.27. The third kappa shape index (κ3) is 5.07. The van der Waals surface area contributed by atoms with Crippen LogP contribution in [0.25, 0.3) is 0 Å². The molecule has 1 aliphatic rings. The van der Waals surface area contributed by atoms with Crippen LogP contribution in [0.3, 0.4) is 0 Å². The molecule has 0 N–H and O–H groups in total. The molecule has 0 bridgehead atoms. The minimum atomic E-state index is -0.444. The van der Waals surface area contributed by atoms with Gasteiger partial charge in [0.05, 0.1) is 0 Å². The summed E-state index contributed by atoms with van der Waals surface area (Å²) in [4.78, 5) is 24.1. The van der Waals surface area contributed by atoms with E-state index in [0.29, 0.717) is 5.92 Å². The van der Waals surface area contributed by atoms with Gasteiger partial charge in [0.1, 0.15) is 11.9 Å². The van der Waals surface area contributed by atoms with Gasteiger partial charge in [0, 0.05) is 19.5 Å². The fourth-order valence-corrected chi connectivity index (χ4v) is 2.31. The zero-order valence-corrected chi connectivity index (χ0v) is 11.9. The van der Waals surface area contributed by atoms with Gasteiger partial charge in [-0.3, -0.25) is 0 Å². The Kier molecular flexibility index (Phi) is 5.17. The molecular formula is C14H25NO3. The number of nitrogens with zero attached hydrogens (tertiary/aromatic N) is 1. The van der Waals surface area contributed by atoms with Gasteiger partial charge in [0.25, 0.3) is 0 Å². The van der Waals surface area contributed by atoms with Crippen LogP contribution in [0.1, 0.15) is 46.5 Å². The molecule has 18 heavy (non-hydrogen) atoms.